The summed E-state index contributed by atoms with van der Waals surface area (Å²) < 4.78 is 2.03. The second-order valence-electron chi connectivity index (χ2n) is 6.91. The Balaban J connectivity index is 0.00000150. The first-order chi connectivity index (χ1) is 13.3. The van der Waals surface area contributed by atoms with Crippen molar-refractivity contribution < 1.29 is 4.79 Å². The van der Waals surface area contributed by atoms with E-state index in [1.54, 1.807) is 11.8 Å². The van der Waals surface area contributed by atoms with Crippen LogP contribution in [-0.2, 0) is 5.75 Å². The molecule has 8 heteroatoms. The number of hydrogen-bond donors (Lipinski definition) is 2. The highest BCUT2D eigenvalue weighted by Gasteiger charge is 2.14. The molecule has 0 aliphatic carbocycles. The lowest BCUT2D eigenvalue weighted by Gasteiger charge is -2.09. The Morgan fingerprint density at radius 1 is 1.21 bits per heavy atom. The van der Waals surface area contributed by atoms with Gasteiger partial charge in [0, 0.05) is 35.2 Å². The van der Waals surface area contributed by atoms with Crippen molar-refractivity contribution in [1.29, 1.82) is 0 Å². The van der Waals surface area contributed by atoms with Gasteiger partial charge in [0.05, 0.1) is 5.69 Å². The summed E-state index contributed by atoms with van der Waals surface area (Å²) in [7, 11) is 0. The molecular weight excluding hydrogens is 427 g/mol. The van der Waals surface area contributed by atoms with Gasteiger partial charge in [-0.3, -0.25) is 4.79 Å². The van der Waals surface area contributed by atoms with Gasteiger partial charge >= 0.3 is 0 Å². The maximum absolute atomic E-state index is 12.3. The molecule has 3 aromatic rings. The van der Waals surface area contributed by atoms with Crippen LogP contribution >= 0.6 is 36.6 Å². The van der Waals surface area contributed by atoms with Crippen molar-refractivity contribution in [2.45, 2.75) is 23.5 Å². The minimum Gasteiger partial charge on any atom is -0.352 e. The molecule has 0 spiro atoms. The predicted octanol–water partition coefficient (Wildman–Crippen LogP) is 4.20. The first kappa shape index (κ1) is 23.5. The van der Waals surface area contributed by atoms with Crippen molar-refractivity contribution >= 4 is 48.1 Å². The molecule has 1 aliphatic heterocycles. The summed E-state index contributed by atoms with van der Waals surface area (Å²) in [6, 6.07) is 13.8. The van der Waals surface area contributed by atoms with Gasteiger partial charge in [-0.2, -0.15) is 0 Å². The number of nitrogens with one attached hydrogen (secondary N) is 2. The molecule has 1 fully saturated rings. The zero-order chi connectivity index (χ0) is 18.5. The fourth-order valence-corrected chi connectivity index (χ4v) is 4.15. The summed E-state index contributed by atoms with van der Waals surface area (Å²) in [6.45, 7) is 2.93. The third kappa shape index (κ3) is 6.37. The van der Waals surface area contributed by atoms with Crippen LogP contribution in [-0.4, -0.2) is 34.9 Å². The van der Waals surface area contributed by atoms with Crippen LogP contribution in [0.15, 0.2) is 59.8 Å². The zero-order valence-corrected chi connectivity index (χ0v) is 18.5. The summed E-state index contributed by atoms with van der Waals surface area (Å²) in [6.07, 6.45) is 6.33. The van der Waals surface area contributed by atoms with E-state index in [0.29, 0.717) is 5.92 Å². The second-order valence-corrected chi connectivity index (χ2v) is 7.96. The minimum absolute atomic E-state index is 0. The summed E-state index contributed by atoms with van der Waals surface area (Å²) in [4.78, 5) is 18.0. The van der Waals surface area contributed by atoms with E-state index in [4.69, 9.17) is 0 Å². The van der Waals surface area contributed by atoms with E-state index in [-0.39, 0.29) is 30.7 Å². The summed E-state index contributed by atoms with van der Waals surface area (Å²) >= 11 is 1.73. The Kier molecular flexibility index (Phi) is 9.30. The van der Waals surface area contributed by atoms with Crippen LogP contribution in [0.5, 0.6) is 0 Å². The summed E-state index contributed by atoms with van der Waals surface area (Å²) in [5.41, 5.74) is 2.74. The molecule has 1 saturated heterocycles. The van der Waals surface area contributed by atoms with Crippen molar-refractivity contribution in [1.82, 2.24) is 20.0 Å². The van der Waals surface area contributed by atoms with Crippen molar-refractivity contribution in [3.05, 3.63) is 66.1 Å². The van der Waals surface area contributed by atoms with E-state index in [1.165, 1.54) is 6.42 Å². The topological polar surface area (TPSA) is 58.4 Å². The van der Waals surface area contributed by atoms with E-state index in [9.17, 15) is 4.79 Å². The first-order valence-electron chi connectivity index (χ1n) is 9.42. The maximum Gasteiger partial charge on any atom is 0.251 e. The third-order valence-electron chi connectivity index (χ3n) is 4.92. The van der Waals surface area contributed by atoms with Gasteiger partial charge in [0.1, 0.15) is 5.65 Å². The monoisotopic (exact) mass is 452 g/mol. The second kappa shape index (κ2) is 11.5. The number of carbonyl (C=O) groups is 1. The number of benzene rings is 1. The maximum atomic E-state index is 12.3. The van der Waals surface area contributed by atoms with Gasteiger partial charge in [0.2, 0.25) is 0 Å². The van der Waals surface area contributed by atoms with Gasteiger partial charge in [0.25, 0.3) is 5.91 Å². The molecule has 2 N–H and O–H groups in total. The number of carbonyl (C=O) groups excluding carboxylic acids is 1. The normalized spacial score (nSPS) is 15.5. The average molecular weight is 453 g/mol. The quantitative estimate of drug-likeness (QED) is 0.527. The standard InChI is InChI=1S/C21H24N4OS.2ClH/c26-21(23-11-9-16-8-10-22-13-16)17-4-6-19(7-5-17)27-15-18-14-25-12-2-1-3-20(25)24-18;;/h1-7,12,14,16,22H,8-11,13,15H2,(H,23,26);2*1H. The highest BCUT2D eigenvalue weighted by Crippen LogP contribution is 2.23. The summed E-state index contributed by atoms with van der Waals surface area (Å²) in [5, 5.41) is 6.39. The highest BCUT2D eigenvalue weighted by molar-refractivity contribution is 7.98. The van der Waals surface area contributed by atoms with Crippen LogP contribution in [0, 0.1) is 5.92 Å². The fraction of sp³-hybridized carbons (Fsp3) is 0.333. The van der Waals surface area contributed by atoms with E-state index in [1.807, 2.05) is 53.1 Å². The highest BCUT2D eigenvalue weighted by atomic mass is 35.5. The fourth-order valence-electron chi connectivity index (χ4n) is 3.37. The van der Waals surface area contributed by atoms with Crippen LogP contribution in [0.3, 0.4) is 0 Å². The van der Waals surface area contributed by atoms with Gasteiger partial charge < -0.3 is 15.0 Å². The number of fused-ring (bicyclic) bond motifs is 1. The van der Waals surface area contributed by atoms with Gasteiger partial charge in [0.15, 0.2) is 0 Å². The van der Waals surface area contributed by atoms with E-state index in [0.717, 1.165) is 53.6 Å². The smallest absolute Gasteiger partial charge is 0.251 e. The molecule has 1 aromatic carbocycles. The molecule has 29 heavy (non-hydrogen) atoms. The van der Waals surface area contributed by atoms with Crippen LogP contribution in [0.1, 0.15) is 28.9 Å². The zero-order valence-electron chi connectivity index (χ0n) is 16.0. The van der Waals surface area contributed by atoms with Crippen LogP contribution in [0.25, 0.3) is 5.65 Å². The predicted molar refractivity (Wildman–Crippen MR) is 124 cm³/mol. The van der Waals surface area contributed by atoms with Gasteiger partial charge in [-0.15, -0.1) is 36.6 Å². The number of thioether (sulfide) groups is 1. The molecule has 2 aromatic heterocycles. The van der Waals surface area contributed by atoms with Crippen LogP contribution < -0.4 is 10.6 Å². The molecule has 5 nitrogen and oxygen atoms in total. The Bertz CT molecular complexity index is 877. The van der Waals surface area contributed by atoms with Crippen molar-refractivity contribution in [3.63, 3.8) is 0 Å². The number of rotatable bonds is 7. The Morgan fingerprint density at radius 2 is 2.03 bits per heavy atom. The lowest BCUT2D eigenvalue weighted by atomic mass is 10.1. The molecule has 1 atom stereocenters. The van der Waals surface area contributed by atoms with E-state index >= 15 is 0 Å². The molecule has 156 valence electrons. The largest absolute Gasteiger partial charge is 0.352 e. The first-order valence-corrected chi connectivity index (χ1v) is 10.4. The molecule has 3 heterocycles. The van der Waals surface area contributed by atoms with Crippen molar-refractivity contribution in [2.75, 3.05) is 19.6 Å². The molecule has 0 bridgehead atoms. The number of imidazole rings is 1. The van der Waals surface area contributed by atoms with Crippen LogP contribution in [0.4, 0.5) is 0 Å². The van der Waals surface area contributed by atoms with E-state index in [2.05, 4.69) is 21.8 Å². The van der Waals surface area contributed by atoms with Crippen LogP contribution in [0.2, 0.25) is 0 Å². The molecule has 0 radical (unpaired) electrons. The molecule has 1 amide bonds. The number of halogens is 2. The number of hydrogen-bond acceptors (Lipinski definition) is 4. The van der Waals surface area contributed by atoms with Gasteiger partial charge in [-0.25, -0.2) is 4.98 Å². The number of pyridine rings is 1. The van der Waals surface area contributed by atoms with Crippen molar-refractivity contribution in [3.8, 4) is 0 Å². The van der Waals surface area contributed by atoms with Gasteiger partial charge in [-0.05, 0) is 68.2 Å². The third-order valence-corrected chi connectivity index (χ3v) is 5.96. The lowest BCUT2D eigenvalue weighted by molar-refractivity contribution is 0.0951. The number of nitrogens with zero attached hydrogens (tertiary/aromatic N) is 2. The van der Waals surface area contributed by atoms with Crippen molar-refractivity contribution in [2.24, 2.45) is 5.92 Å². The molecular formula is C21H26Cl2N4OS. The number of aromatic nitrogens is 2. The molecule has 0 saturated carbocycles. The van der Waals surface area contributed by atoms with E-state index < -0.39 is 0 Å². The summed E-state index contributed by atoms with van der Waals surface area (Å²) in [5.74, 6) is 1.52. The Labute approximate surface area is 187 Å². The minimum atomic E-state index is 0. The lowest BCUT2D eigenvalue weighted by Crippen LogP contribution is -2.26. The van der Waals surface area contributed by atoms with Gasteiger partial charge in [-0.1, -0.05) is 6.07 Å². The Hall–Kier alpha value is -1.73. The number of amides is 1. The average Bonchev–Trinajstić information content (AvgIpc) is 3.36. The molecule has 4 rings (SSSR count). The SMILES string of the molecule is Cl.Cl.O=C(NCCC1CCNC1)c1ccc(SCc2cn3ccccc3n2)cc1. The molecule has 1 unspecified atom stereocenters. The molecule has 1 aliphatic rings. The Morgan fingerprint density at radius 3 is 2.76 bits per heavy atom.